The van der Waals surface area contributed by atoms with E-state index in [1.54, 1.807) is 6.07 Å². The lowest BCUT2D eigenvalue weighted by Gasteiger charge is -2.25. The van der Waals surface area contributed by atoms with Gasteiger partial charge in [-0.2, -0.15) is 0 Å². The Morgan fingerprint density at radius 2 is 1.95 bits per heavy atom. The van der Waals surface area contributed by atoms with Crippen molar-refractivity contribution in [3.8, 4) is 0 Å². The molecule has 3 N–H and O–H groups in total. The van der Waals surface area contributed by atoms with Gasteiger partial charge in [0, 0.05) is 12.5 Å². The summed E-state index contributed by atoms with van der Waals surface area (Å²) in [5.41, 5.74) is 7.10. The van der Waals surface area contributed by atoms with Gasteiger partial charge in [0.25, 0.3) is 0 Å². The molecule has 0 atom stereocenters. The summed E-state index contributed by atoms with van der Waals surface area (Å²) in [6.45, 7) is 5.36. The smallest absolute Gasteiger partial charge is 0.224 e. The minimum absolute atomic E-state index is 0.0286. The quantitative estimate of drug-likeness (QED) is 0.718. The highest BCUT2D eigenvalue weighted by atomic mass is 16.1. The molecule has 0 spiro atoms. The summed E-state index contributed by atoms with van der Waals surface area (Å²) in [6, 6.07) is 7.95. The monoisotopic (exact) mass is 277 g/mol. The van der Waals surface area contributed by atoms with Crippen LogP contribution in [0.15, 0.2) is 24.3 Å². The fraction of sp³-hybridized carbons (Fsp3) is 0.562. The Morgan fingerprint density at radius 3 is 2.55 bits per heavy atom. The lowest BCUT2D eigenvalue weighted by Crippen LogP contribution is -2.31. The Labute approximate surface area is 122 Å². The van der Waals surface area contributed by atoms with E-state index in [4.69, 9.17) is 5.73 Å². The average molecular weight is 277 g/mol. The Bertz CT molecular complexity index is 416. The number of nitrogens with one attached hydrogen (secondary N) is 1. The summed E-state index contributed by atoms with van der Waals surface area (Å²) in [5.74, 6) is 0.0286. The number of nitrogens with zero attached hydrogens (tertiary/aromatic N) is 1. The number of carbonyl (C=O) groups excluding carboxylic acids is 1. The largest absolute Gasteiger partial charge is 0.397 e. The van der Waals surface area contributed by atoms with Crippen LogP contribution in [0.25, 0.3) is 0 Å². The van der Waals surface area contributed by atoms with Crippen molar-refractivity contribution in [2.75, 3.05) is 24.6 Å². The van der Waals surface area contributed by atoms with E-state index < -0.39 is 0 Å². The van der Waals surface area contributed by atoms with Crippen LogP contribution in [0.2, 0.25) is 0 Å². The molecule has 1 amide bonds. The van der Waals surface area contributed by atoms with E-state index in [0.717, 1.165) is 25.8 Å². The van der Waals surface area contributed by atoms with Gasteiger partial charge in [-0.05, 0) is 45.0 Å². The first-order valence-electron chi connectivity index (χ1n) is 7.43. The van der Waals surface area contributed by atoms with Crippen molar-refractivity contribution >= 4 is 17.3 Å². The third-order valence-electron chi connectivity index (χ3n) is 3.72. The SMILES string of the molecule is CCC(CC)N(C)CCCC(=O)Nc1ccccc1N. The summed E-state index contributed by atoms with van der Waals surface area (Å²) in [4.78, 5) is 14.2. The second-order valence-electron chi connectivity index (χ2n) is 5.19. The summed E-state index contributed by atoms with van der Waals surface area (Å²) >= 11 is 0. The third kappa shape index (κ3) is 5.21. The first-order valence-corrected chi connectivity index (χ1v) is 7.43. The van der Waals surface area contributed by atoms with Crippen LogP contribution in [0.1, 0.15) is 39.5 Å². The predicted octanol–water partition coefficient (Wildman–Crippen LogP) is 3.11. The van der Waals surface area contributed by atoms with Gasteiger partial charge >= 0.3 is 0 Å². The molecule has 1 aromatic carbocycles. The number of carbonyl (C=O) groups is 1. The molecule has 1 aromatic rings. The molecule has 20 heavy (non-hydrogen) atoms. The van der Waals surface area contributed by atoms with E-state index in [1.807, 2.05) is 18.2 Å². The molecule has 4 nitrogen and oxygen atoms in total. The zero-order chi connectivity index (χ0) is 15.0. The van der Waals surface area contributed by atoms with E-state index >= 15 is 0 Å². The fourth-order valence-corrected chi connectivity index (χ4v) is 2.41. The van der Waals surface area contributed by atoms with Crippen molar-refractivity contribution < 1.29 is 4.79 Å². The normalized spacial score (nSPS) is 11.1. The molecule has 0 saturated heterocycles. The minimum atomic E-state index is 0.0286. The van der Waals surface area contributed by atoms with Crippen molar-refractivity contribution in [1.29, 1.82) is 0 Å². The van der Waals surface area contributed by atoms with E-state index in [1.165, 1.54) is 0 Å². The van der Waals surface area contributed by atoms with E-state index in [-0.39, 0.29) is 5.91 Å². The van der Waals surface area contributed by atoms with E-state index in [0.29, 0.717) is 23.8 Å². The minimum Gasteiger partial charge on any atom is -0.397 e. The molecule has 0 radical (unpaired) electrons. The van der Waals surface area contributed by atoms with Gasteiger partial charge in [-0.15, -0.1) is 0 Å². The lowest BCUT2D eigenvalue weighted by molar-refractivity contribution is -0.116. The van der Waals surface area contributed by atoms with Gasteiger partial charge in [-0.25, -0.2) is 0 Å². The Morgan fingerprint density at radius 1 is 1.30 bits per heavy atom. The van der Waals surface area contributed by atoms with Gasteiger partial charge in [0.2, 0.25) is 5.91 Å². The summed E-state index contributed by atoms with van der Waals surface area (Å²) < 4.78 is 0. The van der Waals surface area contributed by atoms with Crippen LogP contribution in [0.3, 0.4) is 0 Å². The summed E-state index contributed by atoms with van der Waals surface area (Å²) in [6.07, 6.45) is 3.70. The van der Waals surface area contributed by atoms with Gasteiger partial charge in [0.15, 0.2) is 0 Å². The molecular weight excluding hydrogens is 250 g/mol. The first kappa shape index (κ1) is 16.5. The van der Waals surface area contributed by atoms with Crippen LogP contribution in [-0.4, -0.2) is 30.4 Å². The molecule has 0 aliphatic heterocycles. The number of nitrogens with two attached hydrogens (primary N) is 1. The number of nitrogen functional groups attached to an aromatic ring is 1. The van der Waals surface area contributed by atoms with E-state index in [9.17, 15) is 4.79 Å². The van der Waals surface area contributed by atoms with Crippen molar-refractivity contribution in [2.24, 2.45) is 0 Å². The maximum absolute atomic E-state index is 11.9. The van der Waals surface area contributed by atoms with E-state index in [2.05, 4.69) is 31.1 Å². The van der Waals surface area contributed by atoms with Crippen LogP contribution >= 0.6 is 0 Å². The number of hydrogen-bond acceptors (Lipinski definition) is 3. The van der Waals surface area contributed by atoms with Crippen LogP contribution in [0, 0.1) is 0 Å². The number of benzene rings is 1. The van der Waals surface area contributed by atoms with Gasteiger partial charge in [-0.3, -0.25) is 4.79 Å². The number of rotatable bonds is 8. The van der Waals surface area contributed by atoms with Gasteiger partial charge in [0.05, 0.1) is 11.4 Å². The molecule has 0 bridgehead atoms. The maximum atomic E-state index is 11.9. The molecule has 0 unspecified atom stereocenters. The van der Waals surface area contributed by atoms with Gasteiger partial charge in [0.1, 0.15) is 0 Å². The Hall–Kier alpha value is -1.55. The fourth-order valence-electron chi connectivity index (χ4n) is 2.41. The standard InChI is InChI=1S/C16H27N3O/c1-4-13(5-2)19(3)12-8-11-16(20)18-15-10-7-6-9-14(15)17/h6-7,9-10,13H,4-5,8,11-12,17H2,1-3H3,(H,18,20). The molecule has 112 valence electrons. The van der Waals surface area contributed by atoms with Crippen LogP contribution in [0.4, 0.5) is 11.4 Å². The molecule has 4 heteroatoms. The third-order valence-corrected chi connectivity index (χ3v) is 3.72. The van der Waals surface area contributed by atoms with Crippen LogP contribution in [-0.2, 0) is 4.79 Å². The summed E-state index contributed by atoms with van der Waals surface area (Å²) in [7, 11) is 2.13. The van der Waals surface area contributed by atoms with Crippen molar-refractivity contribution in [3.05, 3.63) is 24.3 Å². The molecule has 0 fully saturated rings. The van der Waals surface area contributed by atoms with Crippen LogP contribution in [0.5, 0.6) is 0 Å². The average Bonchev–Trinajstić information content (AvgIpc) is 2.43. The first-order chi connectivity index (χ1) is 9.58. The summed E-state index contributed by atoms with van der Waals surface area (Å²) in [5, 5.41) is 2.86. The second kappa shape index (κ2) is 8.59. The molecule has 0 aliphatic rings. The second-order valence-corrected chi connectivity index (χ2v) is 5.19. The number of para-hydroxylation sites is 2. The maximum Gasteiger partial charge on any atom is 0.224 e. The number of anilines is 2. The highest BCUT2D eigenvalue weighted by Gasteiger charge is 2.11. The molecule has 1 rings (SSSR count). The Balaban J connectivity index is 2.32. The Kier molecular flexibility index (Phi) is 7.09. The molecule has 0 heterocycles. The molecule has 0 aliphatic carbocycles. The highest BCUT2D eigenvalue weighted by molar-refractivity contribution is 5.93. The lowest BCUT2D eigenvalue weighted by atomic mass is 10.1. The highest BCUT2D eigenvalue weighted by Crippen LogP contribution is 2.17. The van der Waals surface area contributed by atoms with Gasteiger partial charge in [-0.1, -0.05) is 26.0 Å². The zero-order valence-electron chi connectivity index (χ0n) is 12.9. The van der Waals surface area contributed by atoms with Crippen LogP contribution < -0.4 is 11.1 Å². The number of hydrogen-bond donors (Lipinski definition) is 2. The van der Waals surface area contributed by atoms with Gasteiger partial charge < -0.3 is 16.0 Å². The van der Waals surface area contributed by atoms with Crippen molar-refractivity contribution in [2.45, 2.75) is 45.6 Å². The van der Waals surface area contributed by atoms with Crippen molar-refractivity contribution in [1.82, 2.24) is 4.90 Å². The predicted molar refractivity (Wildman–Crippen MR) is 85.7 cm³/mol. The molecular formula is C16H27N3O. The molecule has 0 aromatic heterocycles. The zero-order valence-corrected chi connectivity index (χ0v) is 12.9. The number of amides is 1. The molecule has 0 saturated carbocycles. The topological polar surface area (TPSA) is 58.4 Å². The van der Waals surface area contributed by atoms with Crippen molar-refractivity contribution in [3.63, 3.8) is 0 Å².